The molecule has 0 saturated carbocycles. The van der Waals surface area contributed by atoms with E-state index in [0.29, 0.717) is 13.0 Å². The summed E-state index contributed by atoms with van der Waals surface area (Å²) < 4.78 is 29.6. The van der Waals surface area contributed by atoms with E-state index in [1.54, 1.807) is 13.8 Å². The second-order valence-corrected chi connectivity index (χ2v) is 5.49. The molecule has 76 valence electrons. The number of carbonyl (C=O) groups is 1. The van der Waals surface area contributed by atoms with Crippen LogP contribution >= 0.6 is 0 Å². The zero-order valence-corrected chi connectivity index (χ0v) is 8.43. The van der Waals surface area contributed by atoms with Crippen LogP contribution in [0.15, 0.2) is 0 Å². The molecule has 1 atom stereocenters. The zero-order valence-electron chi connectivity index (χ0n) is 7.61. The Bertz CT molecular complexity index is 296. The summed E-state index contributed by atoms with van der Waals surface area (Å²) in [4.78, 5) is 10.9. The monoisotopic (exact) mass is 207 g/mol. The van der Waals surface area contributed by atoms with Gasteiger partial charge in [-0.05, 0) is 13.8 Å². The van der Waals surface area contributed by atoms with Crippen LogP contribution in [0.4, 0.5) is 0 Å². The average Bonchev–Trinajstić information content (AvgIpc) is 2.35. The molecule has 0 aliphatic carbocycles. The van der Waals surface area contributed by atoms with E-state index in [4.69, 9.17) is 0 Å². The van der Waals surface area contributed by atoms with Crippen LogP contribution < -0.4 is 4.72 Å². The van der Waals surface area contributed by atoms with Gasteiger partial charge < -0.3 is 4.74 Å². The lowest BCUT2D eigenvalue weighted by Crippen LogP contribution is -2.41. The number of ether oxygens (including phenoxy) is 1. The van der Waals surface area contributed by atoms with Gasteiger partial charge >= 0.3 is 5.97 Å². The summed E-state index contributed by atoms with van der Waals surface area (Å²) in [6, 6.07) is -0.688. The van der Waals surface area contributed by atoms with E-state index in [0.717, 1.165) is 0 Å². The lowest BCUT2D eigenvalue weighted by atomic mass is 10.3. The van der Waals surface area contributed by atoms with Gasteiger partial charge in [0, 0.05) is 6.42 Å². The number of cyclic esters (lactones) is 1. The number of rotatable bonds is 3. The molecule has 0 amide bonds. The van der Waals surface area contributed by atoms with Crippen molar-refractivity contribution >= 4 is 16.0 Å². The quantitative estimate of drug-likeness (QED) is 0.641. The molecule has 1 fully saturated rings. The van der Waals surface area contributed by atoms with Crippen LogP contribution in [0.1, 0.15) is 20.3 Å². The van der Waals surface area contributed by atoms with Crippen molar-refractivity contribution in [3.63, 3.8) is 0 Å². The molecule has 5 nitrogen and oxygen atoms in total. The molecular weight excluding hydrogens is 194 g/mol. The first-order valence-electron chi connectivity index (χ1n) is 4.11. The maximum Gasteiger partial charge on any atom is 0.324 e. The van der Waals surface area contributed by atoms with E-state index >= 15 is 0 Å². The summed E-state index contributed by atoms with van der Waals surface area (Å²) in [6.45, 7) is 3.41. The van der Waals surface area contributed by atoms with E-state index in [-0.39, 0.29) is 0 Å². The van der Waals surface area contributed by atoms with Gasteiger partial charge in [0.05, 0.1) is 11.9 Å². The van der Waals surface area contributed by atoms with Crippen molar-refractivity contribution in [2.24, 2.45) is 0 Å². The van der Waals surface area contributed by atoms with Crippen molar-refractivity contribution in [1.29, 1.82) is 0 Å². The second-order valence-electron chi connectivity index (χ2n) is 3.22. The number of hydrogen-bond acceptors (Lipinski definition) is 4. The lowest BCUT2D eigenvalue weighted by Gasteiger charge is -2.11. The second kappa shape index (κ2) is 3.63. The SMILES string of the molecule is CC(C)S(=O)(=O)N[C@H]1CCOC1=O. The standard InChI is InChI=1S/C7H13NO4S/c1-5(2)13(10,11)8-6-3-4-12-7(6)9/h5-6,8H,3-4H2,1-2H3/t6-/m0/s1. The van der Waals surface area contributed by atoms with Gasteiger partial charge in [-0.15, -0.1) is 0 Å². The summed E-state index contributed by atoms with van der Waals surface area (Å²) >= 11 is 0. The highest BCUT2D eigenvalue weighted by Crippen LogP contribution is 2.08. The Morgan fingerprint density at radius 1 is 1.54 bits per heavy atom. The van der Waals surface area contributed by atoms with Crippen molar-refractivity contribution in [2.45, 2.75) is 31.6 Å². The maximum atomic E-state index is 11.3. The summed E-state index contributed by atoms with van der Waals surface area (Å²) in [6.07, 6.45) is 0.421. The fourth-order valence-corrected chi connectivity index (χ4v) is 1.82. The zero-order chi connectivity index (χ0) is 10.1. The van der Waals surface area contributed by atoms with Crippen LogP contribution in [0.25, 0.3) is 0 Å². The number of carbonyl (C=O) groups excluding carboxylic acids is 1. The predicted molar refractivity (Wildman–Crippen MR) is 46.6 cm³/mol. The Labute approximate surface area is 77.5 Å². The molecule has 1 heterocycles. The molecule has 0 aromatic rings. The maximum absolute atomic E-state index is 11.3. The van der Waals surface area contributed by atoms with Gasteiger partial charge in [-0.1, -0.05) is 0 Å². The number of nitrogens with one attached hydrogen (secondary N) is 1. The normalized spacial score (nSPS) is 23.6. The predicted octanol–water partition coefficient (Wildman–Crippen LogP) is -0.370. The summed E-state index contributed by atoms with van der Waals surface area (Å²) in [7, 11) is -3.37. The van der Waals surface area contributed by atoms with Crippen molar-refractivity contribution < 1.29 is 17.9 Å². The molecule has 1 aliphatic rings. The Morgan fingerprint density at radius 3 is 2.54 bits per heavy atom. The summed E-state index contributed by atoms with van der Waals surface area (Å²) in [5.41, 5.74) is 0. The molecule has 0 radical (unpaired) electrons. The first-order valence-corrected chi connectivity index (χ1v) is 5.66. The fourth-order valence-electron chi connectivity index (χ4n) is 0.937. The third kappa shape index (κ3) is 2.41. The van der Waals surface area contributed by atoms with Crippen molar-refractivity contribution in [3.8, 4) is 0 Å². The molecule has 1 aliphatic heterocycles. The summed E-state index contributed by atoms with van der Waals surface area (Å²) in [5, 5.41) is -0.527. The highest BCUT2D eigenvalue weighted by atomic mass is 32.2. The van der Waals surface area contributed by atoms with E-state index in [1.165, 1.54) is 0 Å². The van der Waals surface area contributed by atoms with Crippen LogP contribution in [0, 0.1) is 0 Å². The third-order valence-corrected chi connectivity index (χ3v) is 3.72. The Kier molecular flexibility index (Phi) is 2.92. The molecule has 1 saturated heterocycles. The van der Waals surface area contributed by atoms with Crippen LogP contribution in [0.3, 0.4) is 0 Å². The molecule has 0 aromatic heterocycles. The van der Waals surface area contributed by atoms with Crippen LogP contribution in [-0.4, -0.2) is 32.3 Å². The third-order valence-electron chi connectivity index (χ3n) is 1.86. The smallest absolute Gasteiger partial charge is 0.324 e. The van der Waals surface area contributed by atoms with Gasteiger partial charge in [-0.2, -0.15) is 0 Å². The van der Waals surface area contributed by atoms with Gasteiger partial charge in [0.15, 0.2) is 0 Å². The molecule has 0 unspecified atom stereocenters. The van der Waals surface area contributed by atoms with Crippen molar-refractivity contribution in [3.05, 3.63) is 0 Å². The van der Waals surface area contributed by atoms with E-state index in [1.807, 2.05) is 0 Å². The number of hydrogen-bond donors (Lipinski definition) is 1. The summed E-state index contributed by atoms with van der Waals surface area (Å²) in [5.74, 6) is -0.482. The minimum absolute atomic E-state index is 0.296. The van der Waals surface area contributed by atoms with Gasteiger partial charge in [-0.3, -0.25) is 4.79 Å². The minimum Gasteiger partial charge on any atom is -0.464 e. The molecule has 0 aromatic carbocycles. The number of esters is 1. The topological polar surface area (TPSA) is 72.5 Å². The first-order chi connectivity index (χ1) is 5.93. The van der Waals surface area contributed by atoms with E-state index in [9.17, 15) is 13.2 Å². The van der Waals surface area contributed by atoms with E-state index < -0.39 is 27.3 Å². The van der Waals surface area contributed by atoms with Gasteiger partial charge in [0.2, 0.25) is 10.0 Å². The van der Waals surface area contributed by atoms with Crippen LogP contribution in [0.2, 0.25) is 0 Å². The minimum atomic E-state index is -3.37. The Hall–Kier alpha value is -0.620. The molecular formula is C7H13NO4S. The number of sulfonamides is 1. The molecule has 1 N–H and O–H groups in total. The van der Waals surface area contributed by atoms with Gasteiger partial charge in [0.25, 0.3) is 0 Å². The average molecular weight is 207 g/mol. The van der Waals surface area contributed by atoms with Crippen LogP contribution in [-0.2, 0) is 19.6 Å². The van der Waals surface area contributed by atoms with Gasteiger partial charge in [-0.25, -0.2) is 13.1 Å². The highest BCUT2D eigenvalue weighted by molar-refractivity contribution is 7.90. The Morgan fingerprint density at radius 2 is 2.15 bits per heavy atom. The highest BCUT2D eigenvalue weighted by Gasteiger charge is 2.31. The Balaban J connectivity index is 2.63. The lowest BCUT2D eigenvalue weighted by molar-refractivity contribution is -0.139. The molecule has 13 heavy (non-hydrogen) atoms. The van der Waals surface area contributed by atoms with E-state index in [2.05, 4.69) is 9.46 Å². The molecule has 0 spiro atoms. The molecule has 6 heteroatoms. The van der Waals surface area contributed by atoms with Crippen LogP contribution in [0.5, 0.6) is 0 Å². The first kappa shape index (κ1) is 10.5. The van der Waals surface area contributed by atoms with Crippen molar-refractivity contribution in [2.75, 3.05) is 6.61 Å². The molecule has 0 bridgehead atoms. The fraction of sp³-hybridized carbons (Fsp3) is 0.857. The van der Waals surface area contributed by atoms with Gasteiger partial charge in [0.1, 0.15) is 6.04 Å². The van der Waals surface area contributed by atoms with Crippen molar-refractivity contribution in [1.82, 2.24) is 4.72 Å². The largest absolute Gasteiger partial charge is 0.464 e. The molecule has 1 rings (SSSR count).